The van der Waals surface area contributed by atoms with Gasteiger partial charge >= 0.3 is 11.9 Å². The number of esters is 1. The van der Waals surface area contributed by atoms with E-state index in [1.54, 1.807) is 30.6 Å². The van der Waals surface area contributed by atoms with E-state index < -0.39 is 55.0 Å². The largest absolute Gasteiger partial charge is 0.508 e. The van der Waals surface area contributed by atoms with E-state index in [1.807, 2.05) is 0 Å². The fraction of sp³-hybridized carbons (Fsp3) is 0.290. The van der Waals surface area contributed by atoms with E-state index in [4.69, 9.17) is 23.5 Å². The van der Waals surface area contributed by atoms with Crippen molar-refractivity contribution >= 4 is 29.1 Å². The monoisotopic (exact) mass is 652 g/mol. The molecule has 0 radical (unpaired) electrons. The second-order valence-corrected chi connectivity index (χ2v) is 10.9. The molecular weight excluding hydrogens is 622 g/mol. The third kappa shape index (κ3) is 6.38. The number of aliphatic hydroxyl groups excluding tert-OH is 3. The molecule has 246 valence electrons. The van der Waals surface area contributed by atoms with Gasteiger partial charge in [-0.1, -0.05) is 12.1 Å². The molecule has 3 aliphatic heterocycles. The van der Waals surface area contributed by atoms with Crippen molar-refractivity contribution in [1.29, 1.82) is 0 Å². The number of phenols is 1. The minimum absolute atomic E-state index is 0.0392. The highest BCUT2D eigenvalue weighted by Gasteiger charge is 2.53. The number of carboxylic acid groups (broad SMARTS) is 1. The molecule has 2 aromatic carbocycles. The number of allylic oxidation sites excluding steroid dienone is 1. The normalized spacial score (nSPS) is 26.3. The van der Waals surface area contributed by atoms with Crippen LogP contribution in [0.15, 0.2) is 86.5 Å². The van der Waals surface area contributed by atoms with Crippen LogP contribution in [0.25, 0.3) is 22.1 Å². The number of likely N-dealkylation sites (N-methyl/N-ethyl adjacent to an activating group) is 1. The molecule has 3 aromatic rings. The summed E-state index contributed by atoms with van der Waals surface area (Å²) in [4.78, 5) is 47.2. The van der Waals surface area contributed by atoms with Crippen LogP contribution in [-0.2, 0) is 23.9 Å². The smallest absolute Gasteiger partial charge is 0.337 e. The summed E-state index contributed by atoms with van der Waals surface area (Å²) >= 11 is 0. The molecule has 1 aromatic heterocycles. The number of benzene rings is 2. The Morgan fingerprint density at radius 3 is 2.60 bits per heavy atom. The molecule has 0 spiro atoms. The minimum Gasteiger partial charge on any atom is -0.508 e. The Balaban J connectivity index is 1.27. The lowest BCUT2D eigenvalue weighted by molar-refractivity contribution is -1.05. The third-order valence-electron chi connectivity index (χ3n) is 7.82. The molecule has 3 aliphatic rings. The molecular formula is C31H30N3O13+. The summed E-state index contributed by atoms with van der Waals surface area (Å²) in [5.41, 5.74) is 2.11. The number of aliphatic imine (C=N–C) groups is 1. The van der Waals surface area contributed by atoms with E-state index >= 15 is 0 Å². The van der Waals surface area contributed by atoms with Crippen LogP contribution in [-0.4, -0.2) is 100 Å². The van der Waals surface area contributed by atoms with Gasteiger partial charge in [0.15, 0.2) is 17.7 Å². The molecule has 16 nitrogen and oxygen atoms in total. The summed E-state index contributed by atoms with van der Waals surface area (Å²) in [7, 11) is 1.19. The Morgan fingerprint density at radius 1 is 1.13 bits per heavy atom. The highest BCUT2D eigenvalue weighted by molar-refractivity contribution is 5.98. The number of aliphatic carboxylic acids is 1. The average Bonchev–Trinajstić information content (AvgIpc) is 3.64. The molecule has 47 heavy (non-hydrogen) atoms. The maximum absolute atomic E-state index is 13.2. The second-order valence-electron chi connectivity index (χ2n) is 10.9. The lowest BCUT2D eigenvalue weighted by Crippen LogP contribution is -3.07. The summed E-state index contributed by atoms with van der Waals surface area (Å²) in [6.45, 7) is 0.329. The van der Waals surface area contributed by atoms with Crippen LogP contribution >= 0.6 is 0 Å². The van der Waals surface area contributed by atoms with Gasteiger partial charge in [0.05, 0.1) is 10.9 Å². The predicted octanol–water partition coefficient (Wildman–Crippen LogP) is -1.42. The Kier molecular flexibility index (Phi) is 8.89. The first kappa shape index (κ1) is 32.0. The third-order valence-corrected chi connectivity index (χ3v) is 7.82. The van der Waals surface area contributed by atoms with E-state index in [1.165, 1.54) is 43.6 Å². The summed E-state index contributed by atoms with van der Waals surface area (Å²) in [6.07, 6.45) is -4.33. The lowest BCUT2D eigenvalue weighted by atomic mass is 9.98. The number of hydrogen-bond donors (Lipinski definition) is 7. The van der Waals surface area contributed by atoms with Gasteiger partial charge in [-0.05, 0) is 43.0 Å². The summed E-state index contributed by atoms with van der Waals surface area (Å²) in [6, 6.07) is 8.47. The molecule has 0 aliphatic carbocycles. The maximum atomic E-state index is 13.2. The topological polar surface area (TPSA) is 231 Å². The van der Waals surface area contributed by atoms with Crippen molar-refractivity contribution in [2.24, 2.45) is 4.99 Å². The SMILES string of the molecule is CNC(C(=O)O)C(=O)OC(O)C1OC(Oc2ccc3c(=O)c(-c4ccc(O)cc4)coc3c2)C(O[NH+]2C=C3N=CC=C3C2)C(O)C1O. The van der Waals surface area contributed by atoms with Crippen molar-refractivity contribution in [1.82, 2.24) is 5.32 Å². The summed E-state index contributed by atoms with van der Waals surface area (Å²) in [5.74, 6) is -2.84. The number of aliphatic hydroxyl groups is 3. The Bertz CT molecular complexity index is 1840. The van der Waals surface area contributed by atoms with Crippen molar-refractivity contribution in [3.05, 3.63) is 82.5 Å². The van der Waals surface area contributed by atoms with Crippen LogP contribution in [0.3, 0.4) is 0 Å². The van der Waals surface area contributed by atoms with E-state index in [2.05, 4.69) is 10.3 Å². The Hall–Kier alpha value is -4.94. The first-order valence-electron chi connectivity index (χ1n) is 14.3. The number of rotatable bonds is 10. The summed E-state index contributed by atoms with van der Waals surface area (Å²) in [5, 5.41) is 54.3. The number of carbonyl (C=O) groups is 2. The van der Waals surface area contributed by atoms with Gasteiger partial charge in [-0.15, -0.1) is 0 Å². The molecule has 0 saturated carbocycles. The van der Waals surface area contributed by atoms with Crippen LogP contribution in [0.4, 0.5) is 0 Å². The van der Waals surface area contributed by atoms with Gasteiger partial charge in [0.25, 0.3) is 0 Å². The number of aromatic hydroxyl groups is 1. The fourth-order valence-corrected chi connectivity index (χ4v) is 5.37. The van der Waals surface area contributed by atoms with Gasteiger partial charge in [-0.25, -0.2) is 9.59 Å². The van der Waals surface area contributed by atoms with E-state index in [0.717, 1.165) is 5.57 Å². The van der Waals surface area contributed by atoms with Gasteiger partial charge in [-0.2, -0.15) is 9.90 Å². The molecule has 1 saturated heterocycles. The lowest BCUT2D eigenvalue weighted by Gasteiger charge is -2.42. The number of quaternary nitrogens is 1. The first-order chi connectivity index (χ1) is 22.5. The van der Waals surface area contributed by atoms with Crippen molar-refractivity contribution in [2.75, 3.05) is 13.6 Å². The molecule has 7 N–H and O–H groups in total. The van der Waals surface area contributed by atoms with E-state index in [0.29, 0.717) is 22.9 Å². The van der Waals surface area contributed by atoms with Crippen molar-refractivity contribution < 1.29 is 63.7 Å². The number of nitrogens with one attached hydrogen (secondary N) is 2. The minimum atomic E-state index is -2.23. The average molecular weight is 653 g/mol. The van der Waals surface area contributed by atoms with Crippen LogP contribution in [0.5, 0.6) is 11.5 Å². The van der Waals surface area contributed by atoms with Crippen LogP contribution < -0.4 is 20.5 Å². The van der Waals surface area contributed by atoms with Gasteiger partial charge < -0.3 is 44.2 Å². The van der Waals surface area contributed by atoms with Gasteiger partial charge in [0.2, 0.25) is 24.7 Å². The maximum Gasteiger partial charge on any atom is 0.337 e. The van der Waals surface area contributed by atoms with Crippen LogP contribution in [0.1, 0.15) is 0 Å². The highest BCUT2D eigenvalue weighted by Crippen LogP contribution is 2.30. The molecule has 16 heteroatoms. The molecule has 4 heterocycles. The number of carboxylic acids is 1. The molecule has 0 amide bonds. The zero-order valence-corrected chi connectivity index (χ0v) is 24.5. The van der Waals surface area contributed by atoms with E-state index in [9.17, 15) is 39.9 Å². The molecule has 1 fully saturated rings. The number of hydroxylamine groups is 2. The van der Waals surface area contributed by atoms with Crippen LogP contribution in [0.2, 0.25) is 0 Å². The Labute approximate surface area is 264 Å². The standard InChI is InChI=1S/C31H29N3O13/c1-32-22(28(39)40)29(41)46-30(42)26-24(37)25(38)27(47-34-11-15-8-9-33-20(15)12-34)31(45-26)44-17-6-7-18-21(10-17)43-13-19(23(18)36)14-2-4-16(35)5-3-14/h2-10,12-13,22,24-27,30-32,35,37-38,42H,11H2,1H3,(H,39,40)/p+1. The van der Waals surface area contributed by atoms with Gasteiger partial charge in [0.1, 0.15) is 47.8 Å². The highest BCUT2D eigenvalue weighted by atomic mass is 16.8. The van der Waals surface area contributed by atoms with Crippen molar-refractivity contribution in [3.8, 4) is 22.6 Å². The number of hydrogen-bond acceptors (Lipinski definition) is 14. The predicted molar refractivity (Wildman–Crippen MR) is 159 cm³/mol. The molecule has 0 bridgehead atoms. The fourth-order valence-electron chi connectivity index (χ4n) is 5.37. The number of fused-ring (bicyclic) bond motifs is 2. The number of carbonyl (C=O) groups excluding carboxylic acids is 1. The van der Waals surface area contributed by atoms with Gasteiger partial charge in [-0.3, -0.25) is 15.1 Å². The number of nitrogens with zero attached hydrogens (tertiary/aromatic N) is 1. The first-order valence-corrected chi connectivity index (χ1v) is 14.3. The van der Waals surface area contributed by atoms with Gasteiger partial charge in [0, 0.05) is 17.9 Å². The quantitative estimate of drug-likeness (QED) is 0.0757. The number of ether oxygens (including phenoxy) is 3. The number of phenolic OH excluding ortho intramolecular Hbond substituents is 1. The van der Waals surface area contributed by atoms with E-state index in [-0.39, 0.29) is 33.5 Å². The van der Waals surface area contributed by atoms with Crippen molar-refractivity contribution in [2.45, 2.75) is 43.0 Å². The van der Waals surface area contributed by atoms with Crippen molar-refractivity contribution in [3.63, 3.8) is 0 Å². The summed E-state index contributed by atoms with van der Waals surface area (Å²) < 4.78 is 22.4. The zero-order valence-electron chi connectivity index (χ0n) is 24.5. The Morgan fingerprint density at radius 2 is 1.89 bits per heavy atom. The zero-order chi connectivity index (χ0) is 33.4. The molecule has 8 unspecified atom stereocenters. The molecule has 8 atom stereocenters. The van der Waals surface area contributed by atoms with Crippen LogP contribution in [0, 0.1) is 0 Å². The second kappa shape index (κ2) is 13.0. The molecule has 6 rings (SSSR count).